The summed E-state index contributed by atoms with van der Waals surface area (Å²) in [5.74, 6) is -0.239. The number of para-hydroxylation sites is 1. The maximum Gasteiger partial charge on any atom is 0.332 e. The van der Waals surface area contributed by atoms with E-state index < -0.39 is 11.2 Å². The Hall–Kier alpha value is -2.87. The lowest BCUT2D eigenvalue weighted by Crippen LogP contribution is -2.38. The van der Waals surface area contributed by atoms with Gasteiger partial charge in [0.05, 0.1) is 11.1 Å². The molecule has 1 aliphatic heterocycles. The van der Waals surface area contributed by atoms with Crippen LogP contribution in [-0.4, -0.2) is 31.8 Å². The van der Waals surface area contributed by atoms with E-state index in [-0.39, 0.29) is 17.2 Å². The maximum atomic E-state index is 13.3. The minimum Gasteiger partial charge on any atom is -0.306 e. The quantitative estimate of drug-likeness (QED) is 0.630. The van der Waals surface area contributed by atoms with Gasteiger partial charge < -0.3 is 4.90 Å². The second-order valence-corrected chi connectivity index (χ2v) is 8.40. The second kappa shape index (κ2) is 6.94. The van der Waals surface area contributed by atoms with Gasteiger partial charge in [0.2, 0.25) is 0 Å². The first kappa shape index (κ1) is 18.5. The summed E-state index contributed by atoms with van der Waals surface area (Å²) in [5, 5.41) is 0.703. The molecular weight excluding hydrogens is 376 g/mol. The molecule has 0 radical (unpaired) electrons. The molecule has 3 heterocycles. The van der Waals surface area contributed by atoms with Crippen molar-refractivity contribution in [3.05, 3.63) is 62.9 Å². The molecule has 8 heteroatoms. The highest BCUT2D eigenvalue weighted by atomic mass is 32.2. The molecule has 1 amide bonds. The van der Waals surface area contributed by atoms with E-state index >= 15 is 0 Å². The van der Waals surface area contributed by atoms with Crippen molar-refractivity contribution in [3.63, 3.8) is 0 Å². The first-order chi connectivity index (χ1) is 13.4. The highest BCUT2D eigenvalue weighted by Gasteiger charge is 2.26. The molecule has 1 aliphatic rings. The standard InChI is InChI=1S/C20H20N4O3S/c1-12-10-11-24(15-6-4-5-7-16(15)28-12)19(26)14-9-8-13-17(21-14)22(2)20(27)23(3)18(13)25/h4-9,12H,10-11H2,1-3H3. The third kappa shape index (κ3) is 2.93. The van der Waals surface area contributed by atoms with Crippen molar-refractivity contribution in [2.24, 2.45) is 14.1 Å². The smallest absolute Gasteiger partial charge is 0.306 e. The summed E-state index contributed by atoms with van der Waals surface area (Å²) in [6, 6.07) is 11.0. The highest BCUT2D eigenvalue weighted by Crippen LogP contribution is 2.37. The molecule has 0 bridgehead atoms. The molecule has 4 rings (SSSR count). The van der Waals surface area contributed by atoms with Crippen molar-refractivity contribution in [1.82, 2.24) is 14.1 Å². The minimum absolute atomic E-state index is 0.213. The topological polar surface area (TPSA) is 77.2 Å². The van der Waals surface area contributed by atoms with Crippen LogP contribution >= 0.6 is 11.8 Å². The number of fused-ring (bicyclic) bond motifs is 2. The largest absolute Gasteiger partial charge is 0.332 e. The molecule has 0 N–H and O–H groups in total. The van der Waals surface area contributed by atoms with E-state index in [2.05, 4.69) is 11.9 Å². The zero-order chi connectivity index (χ0) is 20.0. The van der Waals surface area contributed by atoms with Gasteiger partial charge in [-0.25, -0.2) is 9.78 Å². The summed E-state index contributed by atoms with van der Waals surface area (Å²) in [7, 11) is 2.97. The second-order valence-electron chi connectivity index (χ2n) is 6.92. The van der Waals surface area contributed by atoms with Crippen LogP contribution in [0.2, 0.25) is 0 Å². The lowest BCUT2D eigenvalue weighted by atomic mass is 10.2. The number of nitrogens with zero attached hydrogens (tertiary/aromatic N) is 4. The first-order valence-corrected chi connectivity index (χ1v) is 9.90. The van der Waals surface area contributed by atoms with E-state index in [0.29, 0.717) is 17.2 Å². The third-order valence-corrected chi connectivity index (χ3v) is 6.25. The van der Waals surface area contributed by atoms with E-state index in [9.17, 15) is 14.4 Å². The summed E-state index contributed by atoms with van der Waals surface area (Å²) in [4.78, 5) is 45.0. The van der Waals surface area contributed by atoms with Gasteiger partial charge >= 0.3 is 5.69 Å². The van der Waals surface area contributed by atoms with Gasteiger partial charge in [-0.15, -0.1) is 11.8 Å². The van der Waals surface area contributed by atoms with Gasteiger partial charge in [-0.3, -0.25) is 18.7 Å². The molecule has 7 nitrogen and oxygen atoms in total. The number of hydrogen-bond acceptors (Lipinski definition) is 5. The van der Waals surface area contributed by atoms with Crippen molar-refractivity contribution in [2.45, 2.75) is 23.5 Å². The number of aryl methyl sites for hydroxylation is 1. The van der Waals surface area contributed by atoms with Crippen LogP contribution in [0.4, 0.5) is 5.69 Å². The van der Waals surface area contributed by atoms with Crippen LogP contribution in [0.5, 0.6) is 0 Å². The van der Waals surface area contributed by atoms with Crippen LogP contribution in [0.25, 0.3) is 11.0 Å². The molecular formula is C20H20N4O3S. The Bertz CT molecular complexity index is 1210. The van der Waals surface area contributed by atoms with Crippen LogP contribution in [0, 0.1) is 0 Å². The lowest BCUT2D eigenvalue weighted by molar-refractivity contribution is 0.0982. The number of thioether (sulfide) groups is 1. The Morgan fingerprint density at radius 3 is 2.64 bits per heavy atom. The molecule has 1 aromatic carbocycles. The van der Waals surface area contributed by atoms with Crippen LogP contribution in [0.15, 0.2) is 50.9 Å². The van der Waals surface area contributed by atoms with Crippen LogP contribution in [0.3, 0.4) is 0 Å². The molecule has 2 aromatic heterocycles. The fourth-order valence-corrected chi connectivity index (χ4v) is 4.52. The average Bonchev–Trinajstić information content (AvgIpc) is 2.87. The van der Waals surface area contributed by atoms with Crippen molar-refractivity contribution >= 4 is 34.4 Å². The van der Waals surface area contributed by atoms with Crippen LogP contribution < -0.4 is 16.1 Å². The van der Waals surface area contributed by atoms with E-state index in [1.54, 1.807) is 35.8 Å². The number of carbonyl (C=O) groups excluding carboxylic acids is 1. The van der Waals surface area contributed by atoms with Crippen molar-refractivity contribution < 1.29 is 4.79 Å². The summed E-state index contributed by atoms with van der Waals surface area (Å²) < 4.78 is 2.33. The van der Waals surface area contributed by atoms with Crippen LogP contribution in [0.1, 0.15) is 23.8 Å². The molecule has 0 fully saturated rings. The van der Waals surface area contributed by atoms with Crippen molar-refractivity contribution in [1.29, 1.82) is 0 Å². The maximum absolute atomic E-state index is 13.3. The monoisotopic (exact) mass is 396 g/mol. The molecule has 28 heavy (non-hydrogen) atoms. The summed E-state index contributed by atoms with van der Waals surface area (Å²) >= 11 is 1.76. The highest BCUT2D eigenvalue weighted by molar-refractivity contribution is 8.00. The Balaban J connectivity index is 1.84. The van der Waals surface area contributed by atoms with Gasteiger partial charge in [-0.2, -0.15) is 0 Å². The van der Waals surface area contributed by atoms with E-state index in [0.717, 1.165) is 21.6 Å². The number of amides is 1. The van der Waals surface area contributed by atoms with Gasteiger partial charge in [0, 0.05) is 30.8 Å². The molecule has 0 spiro atoms. The Kier molecular flexibility index (Phi) is 4.58. The fraction of sp³-hybridized carbons (Fsp3) is 0.300. The summed E-state index contributed by atoms with van der Waals surface area (Å²) in [6.07, 6.45) is 0.859. The van der Waals surface area contributed by atoms with Gasteiger partial charge in [-0.1, -0.05) is 19.1 Å². The molecule has 1 atom stereocenters. The molecule has 0 saturated heterocycles. The average molecular weight is 396 g/mol. The first-order valence-electron chi connectivity index (χ1n) is 9.03. The number of hydrogen-bond donors (Lipinski definition) is 0. The zero-order valence-corrected chi connectivity index (χ0v) is 16.7. The third-order valence-electron chi connectivity index (χ3n) is 5.01. The molecule has 0 saturated carbocycles. The van der Waals surface area contributed by atoms with Crippen molar-refractivity contribution in [2.75, 3.05) is 11.4 Å². The van der Waals surface area contributed by atoms with Crippen molar-refractivity contribution in [3.8, 4) is 0 Å². The number of benzene rings is 1. The van der Waals surface area contributed by atoms with Gasteiger partial charge in [0.1, 0.15) is 11.3 Å². The Morgan fingerprint density at radius 1 is 1.11 bits per heavy atom. The minimum atomic E-state index is -0.472. The number of pyridine rings is 1. The van der Waals surface area contributed by atoms with Crippen LogP contribution in [-0.2, 0) is 14.1 Å². The normalized spacial score (nSPS) is 16.7. The predicted octanol–water partition coefficient (Wildman–Crippen LogP) is 2.16. The molecule has 0 aliphatic carbocycles. The number of anilines is 1. The summed E-state index contributed by atoms with van der Waals surface area (Å²) in [5.41, 5.74) is 0.395. The van der Waals surface area contributed by atoms with Gasteiger partial charge in [-0.05, 0) is 30.7 Å². The zero-order valence-electron chi connectivity index (χ0n) is 15.9. The Morgan fingerprint density at radius 2 is 1.86 bits per heavy atom. The summed E-state index contributed by atoms with van der Waals surface area (Å²) in [6.45, 7) is 2.73. The fourth-order valence-electron chi connectivity index (χ4n) is 3.41. The van der Waals surface area contributed by atoms with E-state index in [1.807, 2.05) is 24.3 Å². The predicted molar refractivity (Wildman–Crippen MR) is 110 cm³/mol. The molecule has 144 valence electrons. The molecule has 3 aromatic rings. The van der Waals surface area contributed by atoms with E-state index in [1.165, 1.54) is 11.6 Å². The van der Waals surface area contributed by atoms with E-state index in [4.69, 9.17) is 0 Å². The molecule has 1 unspecified atom stereocenters. The number of aromatic nitrogens is 3. The number of carbonyl (C=O) groups is 1. The Labute approximate surface area is 165 Å². The number of rotatable bonds is 1. The van der Waals surface area contributed by atoms with Gasteiger partial charge in [0.25, 0.3) is 11.5 Å². The van der Waals surface area contributed by atoms with Gasteiger partial charge in [0.15, 0.2) is 0 Å². The lowest BCUT2D eigenvalue weighted by Gasteiger charge is -2.22. The SMILES string of the molecule is CC1CCN(C(=O)c2ccc3c(=O)n(C)c(=O)n(C)c3n2)c2ccccc2S1.